The van der Waals surface area contributed by atoms with E-state index in [1.807, 2.05) is 64.3 Å². The molecule has 0 bridgehead atoms. The number of fused-ring (bicyclic) bond motifs is 1. The second-order valence-electron chi connectivity index (χ2n) is 6.27. The maximum Gasteiger partial charge on any atom is 0.181 e. The molecule has 6 heteroatoms. The number of aromatic nitrogens is 4. The molecule has 0 fully saturated rings. The van der Waals surface area contributed by atoms with Gasteiger partial charge in [0.25, 0.3) is 0 Å². The predicted octanol–water partition coefficient (Wildman–Crippen LogP) is 6.35. The lowest BCUT2D eigenvalue weighted by Gasteiger charge is -2.10. The van der Waals surface area contributed by atoms with Gasteiger partial charge in [-0.3, -0.25) is 4.98 Å². The van der Waals surface area contributed by atoms with Crippen molar-refractivity contribution in [2.45, 2.75) is 41.0 Å². The van der Waals surface area contributed by atoms with E-state index >= 15 is 0 Å². The van der Waals surface area contributed by atoms with E-state index in [4.69, 9.17) is 0 Å². The normalized spacial score (nSPS) is 11.3. The highest BCUT2D eigenvalue weighted by Gasteiger charge is 2.12. The first-order chi connectivity index (χ1) is 14.1. The van der Waals surface area contributed by atoms with E-state index in [1.165, 1.54) is 18.0 Å². The Hall–Kier alpha value is -3.28. The van der Waals surface area contributed by atoms with Crippen LogP contribution >= 0.6 is 0 Å². The van der Waals surface area contributed by atoms with Crippen molar-refractivity contribution in [3.63, 3.8) is 0 Å². The molecule has 5 nitrogen and oxygen atoms in total. The Morgan fingerprint density at radius 1 is 1.24 bits per heavy atom. The summed E-state index contributed by atoms with van der Waals surface area (Å²) in [4.78, 5) is 8.44. The SMILES string of the molecule is CC.CC/C=C(/C=C\C=C(C)C)c1nc(Nc2ccncc2F)c2cccn2n1. The molecule has 0 aliphatic carbocycles. The third-order valence-electron chi connectivity index (χ3n) is 3.80. The number of allylic oxidation sites excluding steroid dienone is 6. The molecule has 3 rings (SSSR count). The van der Waals surface area contributed by atoms with Crippen molar-refractivity contribution in [1.29, 1.82) is 0 Å². The van der Waals surface area contributed by atoms with Crippen LogP contribution in [0.25, 0.3) is 11.1 Å². The van der Waals surface area contributed by atoms with Gasteiger partial charge in [0, 0.05) is 18.0 Å². The highest BCUT2D eigenvalue weighted by molar-refractivity contribution is 5.77. The number of halogens is 1. The Morgan fingerprint density at radius 3 is 2.72 bits per heavy atom. The van der Waals surface area contributed by atoms with E-state index in [2.05, 4.69) is 33.4 Å². The third kappa shape index (κ3) is 5.85. The zero-order valence-electron chi connectivity index (χ0n) is 17.6. The number of nitrogens with zero attached hydrogens (tertiary/aromatic N) is 4. The number of hydrogen-bond acceptors (Lipinski definition) is 4. The van der Waals surface area contributed by atoms with Gasteiger partial charge in [-0.25, -0.2) is 13.9 Å². The van der Waals surface area contributed by atoms with E-state index in [1.54, 1.807) is 10.6 Å². The van der Waals surface area contributed by atoms with Crippen LogP contribution in [0.5, 0.6) is 0 Å². The summed E-state index contributed by atoms with van der Waals surface area (Å²) < 4.78 is 15.8. The monoisotopic (exact) mass is 393 g/mol. The molecule has 1 N–H and O–H groups in total. The lowest BCUT2D eigenvalue weighted by atomic mass is 10.2. The lowest BCUT2D eigenvalue weighted by molar-refractivity contribution is 0.625. The second kappa shape index (κ2) is 10.9. The molecule has 0 spiro atoms. The minimum atomic E-state index is -0.435. The molecule has 3 heterocycles. The van der Waals surface area contributed by atoms with Crippen molar-refractivity contribution < 1.29 is 4.39 Å². The van der Waals surface area contributed by atoms with Crippen LogP contribution in [0.15, 0.2) is 66.7 Å². The molecular weight excluding hydrogens is 365 g/mol. The van der Waals surface area contributed by atoms with Crippen molar-refractivity contribution in [1.82, 2.24) is 19.6 Å². The van der Waals surface area contributed by atoms with Gasteiger partial charge in [0.15, 0.2) is 17.5 Å². The van der Waals surface area contributed by atoms with Gasteiger partial charge in [0.1, 0.15) is 5.52 Å². The largest absolute Gasteiger partial charge is 0.336 e. The number of rotatable bonds is 6. The summed E-state index contributed by atoms with van der Waals surface area (Å²) in [5.74, 6) is 0.666. The molecule has 0 unspecified atom stereocenters. The molecule has 0 radical (unpaired) electrons. The summed E-state index contributed by atoms with van der Waals surface area (Å²) >= 11 is 0. The van der Waals surface area contributed by atoms with Gasteiger partial charge >= 0.3 is 0 Å². The average molecular weight is 394 g/mol. The first-order valence-corrected chi connectivity index (χ1v) is 9.82. The van der Waals surface area contributed by atoms with Crippen LogP contribution in [0.4, 0.5) is 15.9 Å². The van der Waals surface area contributed by atoms with Gasteiger partial charge in [-0.15, -0.1) is 5.10 Å². The van der Waals surface area contributed by atoms with Crippen molar-refractivity contribution in [3.05, 3.63) is 78.3 Å². The maximum absolute atomic E-state index is 14.0. The van der Waals surface area contributed by atoms with Gasteiger partial charge in [0.05, 0.1) is 11.9 Å². The highest BCUT2D eigenvalue weighted by Crippen LogP contribution is 2.24. The van der Waals surface area contributed by atoms with Crippen LogP contribution in [-0.4, -0.2) is 19.6 Å². The summed E-state index contributed by atoms with van der Waals surface area (Å²) in [6, 6.07) is 5.34. The van der Waals surface area contributed by atoms with Crippen molar-refractivity contribution in [2.24, 2.45) is 0 Å². The number of nitrogens with one attached hydrogen (secondary N) is 1. The maximum atomic E-state index is 14.0. The van der Waals surface area contributed by atoms with Crippen molar-refractivity contribution in [3.8, 4) is 0 Å². The Bertz CT molecular complexity index is 1030. The molecule has 0 atom stereocenters. The first kappa shape index (κ1) is 22.0. The van der Waals surface area contributed by atoms with Crippen LogP contribution in [-0.2, 0) is 0 Å². The van der Waals surface area contributed by atoms with Crippen LogP contribution < -0.4 is 5.32 Å². The quantitative estimate of drug-likeness (QED) is 0.496. The lowest BCUT2D eigenvalue weighted by Crippen LogP contribution is -2.06. The van der Waals surface area contributed by atoms with Crippen LogP contribution in [0.2, 0.25) is 0 Å². The van der Waals surface area contributed by atoms with E-state index in [9.17, 15) is 4.39 Å². The van der Waals surface area contributed by atoms with Gasteiger partial charge < -0.3 is 5.32 Å². The minimum Gasteiger partial charge on any atom is -0.336 e. The molecule has 0 aromatic carbocycles. The highest BCUT2D eigenvalue weighted by atomic mass is 19.1. The molecule has 0 saturated heterocycles. The van der Waals surface area contributed by atoms with E-state index in [0.717, 1.165) is 17.5 Å². The zero-order chi connectivity index (χ0) is 21.2. The molecule has 29 heavy (non-hydrogen) atoms. The molecule has 3 aromatic heterocycles. The summed E-state index contributed by atoms with van der Waals surface area (Å²) in [5.41, 5.74) is 3.20. The number of pyridine rings is 1. The fraction of sp³-hybridized carbons (Fsp3) is 0.261. The second-order valence-corrected chi connectivity index (χ2v) is 6.27. The van der Waals surface area contributed by atoms with Gasteiger partial charge in [-0.2, -0.15) is 0 Å². The predicted molar refractivity (Wildman–Crippen MR) is 119 cm³/mol. The summed E-state index contributed by atoms with van der Waals surface area (Å²) in [7, 11) is 0. The van der Waals surface area contributed by atoms with Crippen LogP contribution in [0, 0.1) is 5.82 Å². The fourth-order valence-electron chi connectivity index (χ4n) is 2.55. The molecule has 0 saturated carbocycles. The van der Waals surface area contributed by atoms with Gasteiger partial charge in [-0.1, -0.05) is 50.6 Å². The summed E-state index contributed by atoms with van der Waals surface area (Å²) in [6.45, 7) is 10.1. The van der Waals surface area contributed by atoms with E-state index in [-0.39, 0.29) is 0 Å². The Labute approximate surface area is 171 Å². The Balaban J connectivity index is 0.00000145. The van der Waals surface area contributed by atoms with Crippen molar-refractivity contribution >= 4 is 22.6 Å². The van der Waals surface area contributed by atoms with Crippen molar-refractivity contribution in [2.75, 3.05) is 5.32 Å². The molecular formula is C23H28FN5. The molecule has 3 aromatic rings. The first-order valence-electron chi connectivity index (χ1n) is 9.82. The Kier molecular flexibility index (Phi) is 8.27. The molecule has 0 amide bonds. The standard InChI is InChI=1S/C21H22FN5.C2H6/c1-4-7-16(9-5-8-15(2)3)20-25-21(19-10-6-13-27(19)26-20)24-18-11-12-23-14-17(18)22;1-2/h5-14H,4H2,1-3H3,(H,23,24,25,26);1-2H3/b9-5-,16-7-;. The number of anilines is 2. The topological polar surface area (TPSA) is 55.1 Å². The molecule has 0 aliphatic heterocycles. The van der Waals surface area contributed by atoms with Crippen LogP contribution in [0.1, 0.15) is 46.9 Å². The average Bonchev–Trinajstić information content (AvgIpc) is 3.19. The Morgan fingerprint density at radius 2 is 2.03 bits per heavy atom. The van der Waals surface area contributed by atoms with Crippen LogP contribution in [0.3, 0.4) is 0 Å². The van der Waals surface area contributed by atoms with E-state index in [0.29, 0.717) is 17.3 Å². The molecule has 152 valence electrons. The third-order valence-corrected chi connectivity index (χ3v) is 3.80. The van der Waals surface area contributed by atoms with E-state index < -0.39 is 5.82 Å². The summed E-state index contributed by atoms with van der Waals surface area (Å²) in [5, 5.41) is 7.66. The van der Waals surface area contributed by atoms with Gasteiger partial charge in [0.2, 0.25) is 0 Å². The number of hydrogen-bond donors (Lipinski definition) is 1. The van der Waals surface area contributed by atoms with Gasteiger partial charge in [-0.05, 0) is 38.5 Å². The smallest absolute Gasteiger partial charge is 0.181 e. The molecule has 0 aliphatic rings. The zero-order valence-corrected chi connectivity index (χ0v) is 17.6. The minimum absolute atomic E-state index is 0.318. The fourth-order valence-corrected chi connectivity index (χ4v) is 2.55. The summed E-state index contributed by atoms with van der Waals surface area (Å²) in [6.07, 6.45) is 13.5.